The lowest BCUT2D eigenvalue weighted by Gasteiger charge is -2.21. The number of carbonyl (C=O) groups is 1. The van der Waals surface area contributed by atoms with E-state index in [1.807, 2.05) is 24.3 Å². The maximum Gasteiger partial charge on any atom is 0.315 e. The van der Waals surface area contributed by atoms with Gasteiger partial charge in [0.15, 0.2) is 0 Å². The van der Waals surface area contributed by atoms with Crippen LogP contribution in [0.4, 0.5) is 4.79 Å². The zero-order valence-electron chi connectivity index (χ0n) is 19.0. The molecular formula is C31H28N2O. The molecule has 4 aromatic rings. The molecule has 3 nitrogen and oxygen atoms in total. The summed E-state index contributed by atoms with van der Waals surface area (Å²) < 4.78 is 0. The molecular weight excluding hydrogens is 416 g/mol. The molecule has 2 atom stereocenters. The van der Waals surface area contributed by atoms with E-state index in [0.717, 1.165) is 12.8 Å². The number of hydrogen-bond donors (Lipinski definition) is 2. The zero-order valence-corrected chi connectivity index (χ0v) is 19.0. The molecule has 0 aliphatic heterocycles. The van der Waals surface area contributed by atoms with Crippen molar-refractivity contribution in [1.29, 1.82) is 0 Å². The molecule has 0 bridgehead atoms. The lowest BCUT2D eigenvalue weighted by Crippen LogP contribution is -2.42. The number of benzene rings is 4. The summed E-state index contributed by atoms with van der Waals surface area (Å²) in [6.07, 6.45) is 1.81. The van der Waals surface area contributed by atoms with Crippen LogP contribution in [0.5, 0.6) is 0 Å². The van der Waals surface area contributed by atoms with Crippen molar-refractivity contribution in [2.24, 2.45) is 0 Å². The van der Waals surface area contributed by atoms with Gasteiger partial charge in [0.25, 0.3) is 0 Å². The fourth-order valence-corrected chi connectivity index (χ4v) is 5.78. The van der Waals surface area contributed by atoms with Gasteiger partial charge in [-0.05, 0) is 35.1 Å². The number of nitrogens with one attached hydrogen (secondary N) is 2. The third kappa shape index (κ3) is 3.40. The van der Waals surface area contributed by atoms with Crippen LogP contribution in [0.15, 0.2) is 121 Å². The Bertz CT molecular complexity index is 1090. The summed E-state index contributed by atoms with van der Waals surface area (Å²) in [6, 6.07) is 42.2. The molecule has 2 amide bonds. The molecule has 6 rings (SSSR count). The van der Waals surface area contributed by atoms with Crippen LogP contribution in [0.2, 0.25) is 0 Å². The lowest BCUT2D eigenvalue weighted by molar-refractivity contribution is 0.239. The number of hydrogen-bond acceptors (Lipinski definition) is 1. The predicted octanol–water partition coefficient (Wildman–Crippen LogP) is 5.80. The summed E-state index contributed by atoms with van der Waals surface area (Å²) in [5, 5.41) is 6.61. The maximum absolute atomic E-state index is 13.2. The second-order valence-electron chi connectivity index (χ2n) is 9.54. The van der Waals surface area contributed by atoms with E-state index in [1.54, 1.807) is 0 Å². The second-order valence-corrected chi connectivity index (χ2v) is 9.54. The molecule has 3 heteroatoms. The van der Waals surface area contributed by atoms with Crippen molar-refractivity contribution >= 4 is 6.03 Å². The lowest BCUT2D eigenvalue weighted by atomic mass is 9.87. The quantitative estimate of drug-likeness (QED) is 0.388. The fourth-order valence-electron chi connectivity index (χ4n) is 5.78. The first-order chi connectivity index (χ1) is 16.7. The normalized spacial score (nSPS) is 21.3. The van der Waals surface area contributed by atoms with E-state index < -0.39 is 0 Å². The minimum atomic E-state index is -0.167. The molecule has 34 heavy (non-hydrogen) atoms. The average molecular weight is 445 g/mol. The Morgan fingerprint density at radius 3 is 1.03 bits per heavy atom. The van der Waals surface area contributed by atoms with Gasteiger partial charge in [-0.15, -0.1) is 0 Å². The average Bonchev–Trinajstić information content (AvgIpc) is 3.81. The van der Waals surface area contributed by atoms with E-state index in [4.69, 9.17) is 0 Å². The van der Waals surface area contributed by atoms with E-state index >= 15 is 0 Å². The third-order valence-corrected chi connectivity index (χ3v) is 7.69. The van der Waals surface area contributed by atoms with Crippen LogP contribution in [0.3, 0.4) is 0 Å². The van der Waals surface area contributed by atoms with Crippen LogP contribution in [-0.2, 0) is 10.8 Å². The van der Waals surface area contributed by atoms with Crippen molar-refractivity contribution in [2.75, 3.05) is 0 Å². The molecule has 2 fully saturated rings. The highest BCUT2D eigenvalue weighted by Crippen LogP contribution is 2.55. The molecule has 0 heterocycles. The number of amides is 2. The Balaban J connectivity index is 1.22. The van der Waals surface area contributed by atoms with Crippen molar-refractivity contribution < 1.29 is 4.79 Å². The van der Waals surface area contributed by atoms with Crippen molar-refractivity contribution in [3.8, 4) is 0 Å². The van der Waals surface area contributed by atoms with E-state index in [9.17, 15) is 4.79 Å². The van der Waals surface area contributed by atoms with Gasteiger partial charge in [-0.25, -0.2) is 4.79 Å². The van der Waals surface area contributed by atoms with Gasteiger partial charge in [0, 0.05) is 22.9 Å². The minimum absolute atomic E-state index is 0.0684. The molecule has 2 aliphatic carbocycles. The number of rotatable bonds is 6. The molecule has 0 radical (unpaired) electrons. The highest BCUT2D eigenvalue weighted by Gasteiger charge is 2.59. The number of carbonyl (C=O) groups excluding carboxylic acids is 1. The number of urea groups is 1. The van der Waals surface area contributed by atoms with Gasteiger partial charge >= 0.3 is 6.03 Å². The van der Waals surface area contributed by atoms with E-state index in [1.165, 1.54) is 22.3 Å². The largest absolute Gasteiger partial charge is 0.334 e. The first-order valence-corrected chi connectivity index (χ1v) is 12.0. The summed E-state index contributed by atoms with van der Waals surface area (Å²) in [5.41, 5.74) is 4.67. The molecule has 168 valence electrons. The standard InChI is InChI=1S/C31H28N2O/c34-29(32-27-21-30(27,23-13-5-1-6-14-23)24-15-7-2-8-16-24)33-28-22-31(28,25-17-9-3-10-18-25)26-19-11-4-12-20-26/h1-20,27-28H,21-22H2,(H2,32,33,34). The molecule has 2 saturated carbocycles. The highest BCUT2D eigenvalue weighted by atomic mass is 16.2. The molecule has 0 spiro atoms. The Hall–Kier alpha value is -3.85. The van der Waals surface area contributed by atoms with Crippen molar-refractivity contribution in [3.63, 3.8) is 0 Å². The van der Waals surface area contributed by atoms with Crippen LogP contribution >= 0.6 is 0 Å². The van der Waals surface area contributed by atoms with Crippen LogP contribution < -0.4 is 10.6 Å². The molecule has 2 unspecified atom stereocenters. The molecule has 0 aromatic heterocycles. The first kappa shape index (κ1) is 20.7. The smallest absolute Gasteiger partial charge is 0.315 e. The van der Waals surface area contributed by atoms with E-state index in [0.29, 0.717) is 0 Å². The molecule has 0 saturated heterocycles. The van der Waals surface area contributed by atoms with Gasteiger partial charge in [-0.2, -0.15) is 0 Å². The van der Waals surface area contributed by atoms with Crippen LogP contribution in [0.25, 0.3) is 0 Å². The minimum Gasteiger partial charge on any atom is -0.334 e. The summed E-state index contributed by atoms with van der Waals surface area (Å²) >= 11 is 0. The SMILES string of the molecule is O=C(NC1CC1(c1ccccc1)c1ccccc1)NC1CC1(c1ccccc1)c1ccccc1. The summed E-state index contributed by atoms with van der Waals surface area (Å²) in [4.78, 5) is 13.2. The van der Waals surface area contributed by atoms with E-state index in [-0.39, 0.29) is 28.9 Å². The molecule has 2 N–H and O–H groups in total. The Morgan fingerprint density at radius 2 is 0.765 bits per heavy atom. The summed E-state index contributed by atoms with van der Waals surface area (Å²) in [7, 11) is 0. The summed E-state index contributed by atoms with van der Waals surface area (Å²) in [6.45, 7) is 0. The van der Waals surface area contributed by atoms with Gasteiger partial charge in [0.05, 0.1) is 0 Å². The predicted molar refractivity (Wildman–Crippen MR) is 136 cm³/mol. The van der Waals surface area contributed by atoms with Gasteiger partial charge in [0.1, 0.15) is 0 Å². The monoisotopic (exact) mass is 444 g/mol. The zero-order chi connectivity index (χ0) is 23.0. The Morgan fingerprint density at radius 1 is 0.500 bits per heavy atom. The van der Waals surface area contributed by atoms with Crippen molar-refractivity contribution in [2.45, 2.75) is 35.8 Å². The highest BCUT2D eigenvalue weighted by molar-refractivity contribution is 5.77. The van der Waals surface area contributed by atoms with Gasteiger partial charge in [-0.1, -0.05) is 121 Å². The Kier molecular flexibility index (Phi) is 4.99. The van der Waals surface area contributed by atoms with Crippen LogP contribution in [0.1, 0.15) is 35.1 Å². The molecule has 2 aliphatic rings. The van der Waals surface area contributed by atoms with Crippen LogP contribution in [0, 0.1) is 0 Å². The van der Waals surface area contributed by atoms with Gasteiger partial charge in [-0.3, -0.25) is 0 Å². The summed E-state index contributed by atoms with van der Waals surface area (Å²) in [5.74, 6) is 0. The molecule has 4 aromatic carbocycles. The third-order valence-electron chi connectivity index (χ3n) is 7.69. The van der Waals surface area contributed by atoms with Crippen molar-refractivity contribution in [3.05, 3.63) is 144 Å². The first-order valence-electron chi connectivity index (χ1n) is 12.0. The maximum atomic E-state index is 13.2. The van der Waals surface area contributed by atoms with Gasteiger partial charge < -0.3 is 10.6 Å². The topological polar surface area (TPSA) is 41.1 Å². The van der Waals surface area contributed by atoms with Gasteiger partial charge in [0.2, 0.25) is 0 Å². The van der Waals surface area contributed by atoms with E-state index in [2.05, 4.69) is 108 Å². The Labute approximate surface area is 200 Å². The van der Waals surface area contributed by atoms with Crippen molar-refractivity contribution in [1.82, 2.24) is 10.6 Å². The van der Waals surface area contributed by atoms with Crippen LogP contribution in [-0.4, -0.2) is 18.1 Å². The fraction of sp³-hybridized carbons (Fsp3) is 0.194. The second kappa shape index (κ2) is 8.18.